The second-order valence-corrected chi connectivity index (χ2v) is 10.1. The Morgan fingerprint density at radius 2 is 1.69 bits per heavy atom. The van der Waals surface area contributed by atoms with Gasteiger partial charge in [0.25, 0.3) is 5.91 Å². The van der Waals surface area contributed by atoms with Crippen molar-refractivity contribution >= 4 is 58.0 Å². The highest BCUT2D eigenvalue weighted by molar-refractivity contribution is 6.42. The number of halogens is 3. The smallest absolute Gasteiger partial charge is 0.291 e. The molecule has 0 atom stereocenters. The molecule has 1 aromatic heterocycles. The van der Waals surface area contributed by atoms with E-state index in [0.717, 1.165) is 5.69 Å². The third-order valence-corrected chi connectivity index (χ3v) is 6.77. The van der Waals surface area contributed by atoms with E-state index in [9.17, 15) is 9.59 Å². The molecular weight excluding hydrogens is 509 g/mol. The lowest BCUT2D eigenvalue weighted by atomic mass is 10.1. The predicted octanol–water partition coefficient (Wildman–Crippen LogP) is 6.85. The molecule has 1 aliphatic rings. The van der Waals surface area contributed by atoms with Crippen LogP contribution in [-0.4, -0.2) is 42.9 Å². The molecule has 2 aromatic carbocycles. The number of carbonyl (C=O) groups is 2. The first-order valence-electron chi connectivity index (χ1n) is 11.4. The number of rotatable bonds is 6. The minimum atomic E-state index is -0.398. The van der Waals surface area contributed by atoms with Crippen molar-refractivity contribution in [2.75, 3.05) is 36.4 Å². The maximum Gasteiger partial charge on any atom is 0.291 e. The Morgan fingerprint density at radius 1 is 0.943 bits per heavy atom. The minimum Gasteiger partial charge on any atom is -0.451 e. The number of furan rings is 1. The molecule has 1 N–H and O–H groups in total. The molecule has 184 valence electrons. The number of anilines is 2. The molecule has 0 unspecified atom stereocenters. The van der Waals surface area contributed by atoms with Gasteiger partial charge >= 0.3 is 0 Å². The summed E-state index contributed by atoms with van der Waals surface area (Å²) in [5.41, 5.74) is 2.14. The molecule has 6 nitrogen and oxygen atoms in total. The Kier molecular flexibility index (Phi) is 7.95. The molecule has 1 aliphatic heterocycles. The highest BCUT2D eigenvalue weighted by Gasteiger charge is 2.24. The Balaban J connectivity index is 1.47. The van der Waals surface area contributed by atoms with Crippen LogP contribution in [0.2, 0.25) is 15.1 Å². The summed E-state index contributed by atoms with van der Waals surface area (Å²) in [7, 11) is 0. The van der Waals surface area contributed by atoms with E-state index in [1.807, 2.05) is 24.8 Å². The van der Waals surface area contributed by atoms with Gasteiger partial charge in [0.2, 0.25) is 5.91 Å². The van der Waals surface area contributed by atoms with Gasteiger partial charge in [-0.25, -0.2) is 0 Å². The molecule has 0 radical (unpaired) electrons. The summed E-state index contributed by atoms with van der Waals surface area (Å²) in [4.78, 5) is 29.5. The lowest BCUT2D eigenvalue weighted by Crippen LogP contribution is -2.49. The van der Waals surface area contributed by atoms with Gasteiger partial charge < -0.3 is 19.5 Å². The van der Waals surface area contributed by atoms with E-state index in [2.05, 4.69) is 10.2 Å². The molecule has 9 heteroatoms. The molecular formula is C26H26Cl3N3O3. The summed E-state index contributed by atoms with van der Waals surface area (Å²) >= 11 is 18.3. The summed E-state index contributed by atoms with van der Waals surface area (Å²) < 4.78 is 5.78. The van der Waals surface area contributed by atoms with Crippen LogP contribution in [0, 0.1) is 5.92 Å². The summed E-state index contributed by atoms with van der Waals surface area (Å²) in [6.07, 6.45) is 0.551. The van der Waals surface area contributed by atoms with Gasteiger partial charge in [0.05, 0.1) is 21.4 Å². The number of nitrogens with zero attached hydrogens (tertiary/aromatic N) is 2. The van der Waals surface area contributed by atoms with E-state index in [4.69, 9.17) is 39.2 Å². The number of piperazine rings is 1. The third kappa shape index (κ3) is 6.13. The van der Waals surface area contributed by atoms with Crippen LogP contribution in [0.15, 0.2) is 52.9 Å². The van der Waals surface area contributed by atoms with Crippen LogP contribution in [0.4, 0.5) is 11.4 Å². The number of hydrogen-bond acceptors (Lipinski definition) is 4. The monoisotopic (exact) mass is 533 g/mol. The summed E-state index contributed by atoms with van der Waals surface area (Å²) in [6.45, 7) is 6.68. The molecule has 2 heterocycles. The zero-order valence-electron chi connectivity index (χ0n) is 19.5. The maximum absolute atomic E-state index is 13.0. The largest absolute Gasteiger partial charge is 0.451 e. The molecule has 0 spiro atoms. The molecule has 0 bridgehead atoms. The average molecular weight is 535 g/mol. The molecule has 0 aliphatic carbocycles. The first-order chi connectivity index (χ1) is 16.7. The fraction of sp³-hybridized carbons (Fsp3) is 0.308. The van der Waals surface area contributed by atoms with Crippen molar-refractivity contribution < 1.29 is 14.0 Å². The highest BCUT2D eigenvalue weighted by atomic mass is 35.5. The standard InChI is InChI=1S/C26H26Cl3N3O3/c1-16(2)13-25(33)32-11-9-31(10-12-32)22-6-4-18(27)15-21(22)30-26(34)24-8-7-23(35-24)17-3-5-19(28)20(29)14-17/h3-8,14-16H,9-13H2,1-2H3,(H,30,34). The molecule has 0 saturated carbocycles. The summed E-state index contributed by atoms with van der Waals surface area (Å²) in [6, 6.07) is 13.8. The van der Waals surface area contributed by atoms with Crippen molar-refractivity contribution in [1.29, 1.82) is 0 Å². The second kappa shape index (κ2) is 10.9. The van der Waals surface area contributed by atoms with Gasteiger partial charge in [-0.3, -0.25) is 9.59 Å². The van der Waals surface area contributed by atoms with E-state index < -0.39 is 5.91 Å². The van der Waals surface area contributed by atoms with Crippen LogP contribution in [0.1, 0.15) is 30.8 Å². The van der Waals surface area contributed by atoms with Crippen molar-refractivity contribution in [1.82, 2.24) is 4.90 Å². The van der Waals surface area contributed by atoms with Gasteiger partial charge in [0.1, 0.15) is 5.76 Å². The number of nitrogens with one attached hydrogen (secondary N) is 1. The first kappa shape index (κ1) is 25.4. The fourth-order valence-corrected chi connectivity index (χ4v) is 4.48. The molecule has 2 amide bonds. The van der Waals surface area contributed by atoms with Crippen molar-refractivity contribution in [2.24, 2.45) is 5.92 Å². The maximum atomic E-state index is 13.0. The van der Waals surface area contributed by atoms with Gasteiger partial charge in [0, 0.05) is 43.2 Å². The zero-order valence-corrected chi connectivity index (χ0v) is 21.8. The first-order valence-corrected chi connectivity index (χ1v) is 12.5. The summed E-state index contributed by atoms with van der Waals surface area (Å²) in [5.74, 6) is 0.770. The van der Waals surface area contributed by atoms with Gasteiger partial charge in [0.15, 0.2) is 5.76 Å². The highest BCUT2D eigenvalue weighted by Crippen LogP contribution is 2.32. The van der Waals surface area contributed by atoms with Crippen LogP contribution in [0.25, 0.3) is 11.3 Å². The molecule has 1 saturated heterocycles. The van der Waals surface area contributed by atoms with Gasteiger partial charge in [-0.15, -0.1) is 0 Å². The van der Waals surface area contributed by atoms with Gasteiger partial charge in [-0.1, -0.05) is 48.7 Å². The van der Waals surface area contributed by atoms with Gasteiger partial charge in [-0.2, -0.15) is 0 Å². The molecule has 4 rings (SSSR count). The predicted molar refractivity (Wildman–Crippen MR) is 142 cm³/mol. The molecule has 3 aromatic rings. The SMILES string of the molecule is CC(C)CC(=O)N1CCN(c2ccc(Cl)cc2NC(=O)c2ccc(-c3ccc(Cl)c(Cl)c3)o2)CC1. The lowest BCUT2D eigenvalue weighted by molar-refractivity contribution is -0.132. The number of benzene rings is 2. The van der Waals surface area contributed by atoms with Crippen LogP contribution >= 0.6 is 34.8 Å². The number of amides is 2. The van der Waals surface area contributed by atoms with Crippen molar-refractivity contribution in [3.05, 3.63) is 69.4 Å². The molecule has 1 fully saturated rings. The summed E-state index contributed by atoms with van der Waals surface area (Å²) in [5, 5.41) is 4.28. The van der Waals surface area contributed by atoms with E-state index in [1.165, 1.54) is 0 Å². The fourth-order valence-electron chi connectivity index (χ4n) is 4.01. The van der Waals surface area contributed by atoms with E-state index in [1.54, 1.807) is 42.5 Å². The molecule has 35 heavy (non-hydrogen) atoms. The van der Waals surface area contributed by atoms with Crippen molar-refractivity contribution in [3.63, 3.8) is 0 Å². The Labute approximate surface area is 219 Å². The van der Waals surface area contributed by atoms with Gasteiger partial charge in [-0.05, 0) is 54.4 Å². The van der Waals surface area contributed by atoms with E-state index in [0.29, 0.717) is 70.6 Å². The number of hydrogen-bond donors (Lipinski definition) is 1. The Bertz CT molecular complexity index is 1230. The van der Waals surface area contributed by atoms with Crippen LogP contribution in [0.3, 0.4) is 0 Å². The van der Waals surface area contributed by atoms with Crippen molar-refractivity contribution in [3.8, 4) is 11.3 Å². The number of carbonyl (C=O) groups excluding carboxylic acids is 2. The average Bonchev–Trinajstić information content (AvgIpc) is 3.31. The van der Waals surface area contributed by atoms with E-state index >= 15 is 0 Å². The van der Waals surface area contributed by atoms with Crippen LogP contribution in [-0.2, 0) is 4.79 Å². The Hall–Kier alpha value is -2.67. The second-order valence-electron chi connectivity index (χ2n) is 8.87. The topological polar surface area (TPSA) is 65.8 Å². The Morgan fingerprint density at radius 3 is 2.37 bits per heavy atom. The third-order valence-electron chi connectivity index (χ3n) is 5.80. The van der Waals surface area contributed by atoms with E-state index in [-0.39, 0.29) is 11.7 Å². The van der Waals surface area contributed by atoms with Crippen LogP contribution < -0.4 is 10.2 Å². The minimum absolute atomic E-state index is 0.154. The quantitative estimate of drug-likeness (QED) is 0.375. The normalized spacial score (nSPS) is 13.9. The van der Waals surface area contributed by atoms with Crippen molar-refractivity contribution in [2.45, 2.75) is 20.3 Å². The lowest BCUT2D eigenvalue weighted by Gasteiger charge is -2.37. The zero-order chi connectivity index (χ0) is 25.1. The van der Waals surface area contributed by atoms with Crippen LogP contribution in [0.5, 0.6) is 0 Å².